The predicted molar refractivity (Wildman–Crippen MR) is 50.4 cm³/mol. The minimum atomic E-state index is -0.881. The van der Waals surface area contributed by atoms with Crippen LogP contribution in [-0.2, 0) is 4.79 Å². The summed E-state index contributed by atoms with van der Waals surface area (Å²) in [5.41, 5.74) is 5.74. The number of rotatable bonds is 3. The zero-order chi connectivity index (χ0) is 9.68. The number of nitrogens with two attached hydrogens (primary N) is 1. The van der Waals surface area contributed by atoms with E-state index in [1.54, 1.807) is 6.08 Å². The lowest BCUT2D eigenvalue weighted by Gasteiger charge is -2.28. The number of hydrogen-bond acceptors (Lipinski definition) is 3. The van der Waals surface area contributed by atoms with E-state index in [0.717, 1.165) is 32.5 Å². The molecule has 4 nitrogen and oxygen atoms in total. The fraction of sp³-hybridized carbons (Fsp3) is 0.667. The van der Waals surface area contributed by atoms with Gasteiger partial charge in [0.25, 0.3) is 0 Å². The lowest BCUT2D eigenvalue weighted by molar-refractivity contribution is -0.131. The first-order chi connectivity index (χ1) is 6.18. The second-order valence-corrected chi connectivity index (χ2v) is 3.38. The van der Waals surface area contributed by atoms with Gasteiger partial charge >= 0.3 is 5.97 Å². The van der Waals surface area contributed by atoms with E-state index in [-0.39, 0.29) is 0 Å². The Morgan fingerprint density at radius 1 is 1.54 bits per heavy atom. The average molecular weight is 184 g/mol. The van der Waals surface area contributed by atoms with E-state index in [1.165, 1.54) is 6.08 Å². The van der Waals surface area contributed by atoms with Crippen LogP contribution in [0.2, 0.25) is 0 Å². The lowest BCUT2D eigenvalue weighted by atomic mass is 10.1. The molecule has 0 saturated carbocycles. The van der Waals surface area contributed by atoms with Gasteiger partial charge in [-0.1, -0.05) is 6.08 Å². The molecule has 0 bridgehead atoms. The average Bonchev–Trinajstić information content (AvgIpc) is 2.08. The SMILES string of the molecule is NC1CCN(CC=CC(=O)O)CC1. The van der Waals surface area contributed by atoms with Gasteiger partial charge in [-0.15, -0.1) is 0 Å². The molecule has 1 saturated heterocycles. The molecule has 1 aliphatic rings. The third-order valence-corrected chi connectivity index (χ3v) is 2.26. The first-order valence-electron chi connectivity index (χ1n) is 4.56. The zero-order valence-electron chi connectivity index (χ0n) is 7.65. The molecule has 0 radical (unpaired) electrons. The van der Waals surface area contributed by atoms with Crippen molar-refractivity contribution in [1.82, 2.24) is 4.90 Å². The zero-order valence-corrected chi connectivity index (χ0v) is 7.65. The fourth-order valence-corrected chi connectivity index (χ4v) is 1.44. The summed E-state index contributed by atoms with van der Waals surface area (Å²) < 4.78 is 0. The Labute approximate surface area is 78.0 Å². The monoisotopic (exact) mass is 184 g/mol. The van der Waals surface area contributed by atoms with E-state index in [1.807, 2.05) is 0 Å². The molecule has 1 fully saturated rings. The second kappa shape index (κ2) is 4.99. The normalized spacial score (nSPS) is 21.0. The van der Waals surface area contributed by atoms with Gasteiger partial charge < -0.3 is 10.8 Å². The van der Waals surface area contributed by atoms with Crippen LogP contribution in [-0.4, -0.2) is 41.7 Å². The third-order valence-electron chi connectivity index (χ3n) is 2.26. The van der Waals surface area contributed by atoms with Crippen LogP contribution < -0.4 is 5.73 Å². The fourth-order valence-electron chi connectivity index (χ4n) is 1.44. The summed E-state index contributed by atoms with van der Waals surface area (Å²) in [6.45, 7) is 2.68. The summed E-state index contributed by atoms with van der Waals surface area (Å²) in [6, 6.07) is 0.333. The van der Waals surface area contributed by atoms with Gasteiger partial charge in [0.2, 0.25) is 0 Å². The van der Waals surface area contributed by atoms with Gasteiger partial charge in [-0.3, -0.25) is 4.90 Å². The molecule has 1 heterocycles. The maximum absolute atomic E-state index is 10.2. The molecule has 0 atom stereocenters. The summed E-state index contributed by atoms with van der Waals surface area (Å²) in [4.78, 5) is 12.4. The Bertz CT molecular complexity index is 196. The highest BCUT2D eigenvalue weighted by atomic mass is 16.4. The van der Waals surface area contributed by atoms with Crippen molar-refractivity contribution in [3.05, 3.63) is 12.2 Å². The Morgan fingerprint density at radius 2 is 2.15 bits per heavy atom. The van der Waals surface area contributed by atoms with E-state index in [4.69, 9.17) is 10.8 Å². The van der Waals surface area contributed by atoms with Crippen molar-refractivity contribution in [1.29, 1.82) is 0 Å². The summed E-state index contributed by atoms with van der Waals surface area (Å²) >= 11 is 0. The highest BCUT2D eigenvalue weighted by Gasteiger charge is 2.14. The quantitative estimate of drug-likeness (QED) is 0.608. The number of likely N-dealkylation sites (tertiary alicyclic amines) is 1. The Hall–Kier alpha value is -0.870. The van der Waals surface area contributed by atoms with Crippen LogP contribution in [0.15, 0.2) is 12.2 Å². The van der Waals surface area contributed by atoms with Crippen LogP contribution in [0.1, 0.15) is 12.8 Å². The van der Waals surface area contributed by atoms with Crippen molar-refractivity contribution in [2.45, 2.75) is 18.9 Å². The molecule has 0 aromatic carbocycles. The predicted octanol–water partition coefficient (Wildman–Crippen LogP) is 0.0503. The number of carbonyl (C=O) groups is 1. The topological polar surface area (TPSA) is 66.6 Å². The Morgan fingerprint density at radius 3 is 2.69 bits per heavy atom. The molecule has 74 valence electrons. The number of carboxylic acid groups (broad SMARTS) is 1. The van der Waals surface area contributed by atoms with Crippen LogP contribution in [0.5, 0.6) is 0 Å². The van der Waals surface area contributed by atoms with Crippen molar-refractivity contribution in [2.24, 2.45) is 5.73 Å². The third kappa shape index (κ3) is 4.05. The molecule has 0 aromatic heterocycles. The van der Waals surface area contributed by atoms with Gasteiger partial charge in [-0.2, -0.15) is 0 Å². The summed E-state index contributed by atoms with van der Waals surface area (Å²) in [5, 5.41) is 8.36. The molecular formula is C9H16N2O2. The summed E-state index contributed by atoms with van der Waals surface area (Å²) in [5.74, 6) is -0.881. The molecule has 0 amide bonds. The molecule has 3 N–H and O–H groups in total. The number of aliphatic carboxylic acids is 1. The van der Waals surface area contributed by atoms with Crippen LogP contribution in [0, 0.1) is 0 Å². The van der Waals surface area contributed by atoms with Crippen molar-refractivity contribution in [3.63, 3.8) is 0 Å². The molecule has 0 unspecified atom stereocenters. The van der Waals surface area contributed by atoms with Gasteiger partial charge in [-0.05, 0) is 25.9 Å². The van der Waals surface area contributed by atoms with Crippen LogP contribution in [0.25, 0.3) is 0 Å². The van der Waals surface area contributed by atoms with E-state index in [0.29, 0.717) is 6.04 Å². The van der Waals surface area contributed by atoms with Crippen molar-refractivity contribution in [3.8, 4) is 0 Å². The molecule has 1 aliphatic heterocycles. The highest BCUT2D eigenvalue weighted by Crippen LogP contribution is 2.07. The molecule has 13 heavy (non-hydrogen) atoms. The van der Waals surface area contributed by atoms with Crippen LogP contribution >= 0.6 is 0 Å². The van der Waals surface area contributed by atoms with Gasteiger partial charge in [0.05, 0.1) is 0 Å². The maximum atomic E-state index is 10.2. The molecule has 0 aliphatic carbocycles. The molecule has 1 rings (SSSR count). The first kappa shape index (κ1) is 10.2. The smallest absolute Gasteiger partial charge is 0.328 e. The van der Waals surface area contributed by atoms with Gasteiger partial charge in [-0.25, -0.2) is 4.79 Å². The summed E-state index contributed by atoms with van der Waals surface area (Å²) in [6.07, 6.45) is 4.90. The largest absolute Gasteiger partial charge is 0.478 e. The molecule has 0 spiro atoms. The van der Waals surface area contributed by atoms with E-state index < -0.39 is 5.97 Å². The Kier molecular flexibility index (Phi) is 3.92. The van der Waals surface area contributed by atoms with E-state index >= 15 is 0 Å². The van der Waals surface area contributed by atoms with Gasteiger partial charge in [0.1, 0.15) is 0 Å². The molecular weight excluding hydrogens is 168 g/mol. The minimum Gasteiger partial charge on any atom is -0.478 e. The molecule has 4 heteroatoms. The Balaban J connectivity index is 2.19. The maximum Gasteiger partial charge on any atom is 0.328 e. The minimum absolute atomic E-state index is 0.333. The van der Waals surface area contributed by atoms with Gasteiger partial charge in [0.15, 0.2) is 0 Å². The lowest BCUT2D eigenvalue weighted by Crippen LogP contribution is -2.39. The highest BCUT2D eigenvalue weighted by molar-refractivity contribution is 5.79. The number of nitrogens with zero attached hydrogens (tertiary/aromatic N) is 1. The van der Waals surface area contributed by atoms with Crippen molar-refractivity contribution in [2.75, 3.05) is 19.6 Å². The summed E-state index contributed by atoms with van der Waals surface area (Å²) in [7, 11) is 0. The number of piperidine rings is 1. The standard InChI is InChI=1S/C9H16N2O2/c10-8-3-6-11(7-4-8)5-1-2-9(12)13/h1-2,8H,3-7,10H2,(H,12,13). The molecule has 0 aromatic rings. The van der Waals surface area contributed by atoms with E-state index in [9.17, 15) is 4.79 Å². The second-order valence-electron chi connectivity index (χ2n) is 3.38. The van der Waals surface area contributed by atoms with Crippen molar-refractivity contribution < 1.29 is 9.90 Å². The van der Waals surface area contributed by atoms with Gasteiger partial charge in [0, 0.05) is 18.7 Å². The first-order valence-corrected chi connectivity index (χ1v) is 4.56. The van der Waals surface area contributed by atoms with E-state index in [2.05, 4.69) is 4.90 Å². The number of hydrogen-bond donors (Lipinski definition) is 2. The van der Waals surface area contributed by atoms with Crippen LogP contribution in [0.4, 0.5) is 0 Å². The van der Waals surface area contributed by atoms with Crippen molar-refractivity contribution >= 4 is 5.97 Å². The van der Waals surface area contributed by atoms with Crippen LogP contribution in [0.3, 0.4) is 0 Å². The number of carboxylic acids is 1.